The number of nitrogens with zero attached hydrogens (tertiary/aromatic N) is 1. The molecule has 1 aliphatic heterocycles. The van der Waals surface area contributed by atoms with Crippen molar-refractivity contribution in [3.05, 3.63) is 100 Å². The average Bonchev–Trinajstić information content (AvgIpc) is 3.15. The molecular formula is C25H18FNO5. The van der Waals surface area contributed by atoms with E-state index in [0.717, 1.165) is 5.56 Å². The first-order chi connectivity index (χ1) is 15.4. The number of methoxy groups -OCH3 is 1. The lowest BCUT2D eigenvalue weighted by Crippen LogP contribution is -2.09. The maximum atomic E-state index is 13.4. The Morgan fingerprint density at radius 3 is 2.59 bits per heavy atom. The third-order valence-corrected chi connectivity index (χ3v) is 4.64. The van der Waals surface area contributed by atoms with Gasteiger partial charge in [0.25, 0.3) is 0 Å². The van der Waals surface area contributed by atoms with Crippen LogP contribution < -0.4 is 9.47 Å². The molecular weight excluding hydrogens is 413 g/mol. The van der Waals surface area contributed by atoms with Gasteiger partial charge in [-0.15, -0.1) is 0 Å². The van der Waals surface area contributed by atoms with Crippen LogP contribution in [0.15, 0.2) is 77.4 Å². The molecule has 0 aromatic heterocycles. The van der Waals surface area contributed by atoms with Crippen LogP contribution in [0.25, 0.3) is 6.08 Å². The molecule has 1 aliphatic rings. The summed E-state index contributed by atoms with van der Waals surface area (Å²) in [5.74, 6) is -1.06. The Balaban J connectivity index is 1.58. The van der Waals surface area contributed by atoms with Crippen molar-refractivity contribution in [3.63, 3.8) is 0 Å². The number of carbonyl (C=O) groups is 2. The van der Waals surface area contributed by atoms with E-state index >= 15 is 0 Å². The highest BCUT2D eigenvalue weighted by atomic mass is 19.1. The standard InChI is InChI=1S/C25H18FNO5/c1-15-5-3-7-18(11-15)24(28)31-21-10-9-16(13-22(21)30-2)12-20-25(29)32-23(27-20)17-6-4-8-19(26)14-17/h3-14H,1-2H3/b20-12-. The molecule has 0 fully saturated rings. The minimum atomic E-state index is -0.654. The zero-order valence-electron chi connectivity index (χ0n) is 17.3. The summed E-state index contributed by atoms with van der Waals surface area (Å²) in [6.45, 7) is 1.88. The molecule has 6 nitrogen and oxygen atoms in total. The van der Waals surface area contributed by atoms with Crippen LogP contribution in [0.1, 0.15) is 27.0 Å². The van der Waals surface area contributed by atoms with E-state index in [2.05, 4.69) is 4.99 Å². The molecule has 0 amide bonds. The Bertz CT molecular complexity index is 1280. The highest BCUT2D eigenvalue weighted by molar-refractivity contribution is 6.12. The quantitative estimate of drug-likeness (QED) is 0.332. The minimum Gasteiger partial charge on any atom is -0.493 e. The number of hydrogen-bond acceptors (Lipinski definition) is 6. The van der Waals surface area contributed by atoms with Gasteiger partial charge in [-0.25, -0.2) is 19.0 Å². The molecule has 0 N–H and O–H groups in total. The van der Waals surface area contributed by atoms with Crippen molar-refractivity contribution in [1.82, 2.24) is 0 Å². The molecule has 0 bridgehead atoms. The number of cyclic esters (lactones) is 1. The third kappa shape index (κ3) is 4.57. The number of hydrogen-bond donors (Lipinski definition) is 0. The number of aliphatic imine (C=N–C) groups is 1. The summed E-state index contributed by atoms with van der Waals surface area (Å²) >= 11 is 0. The number of halogens is 1. The van der Waals surface area contributed by atoms with Crippen molar-refractivity contribution >= 4 is 23.9 Å². The summed E-state index contributed by atoms with van der Waals surface area (Å²) in [5, 5.41) is 0. The van der Waals surface area contributed by atoms with Gasteiger partial charge in [0.1, 0.15) is 5.82 Å². The van der Waals surface area contributed by atoms with Crippen LogP contribution in [-0.2, 0) is 9.53 Å². The Labute approximate surface area is 183 Å². The molecule has 0 spiro atoms. The number of esters is 2. The lowest BCUT2D eigenvalue weighted by molar-refractivity contribution is -0.129. The summed E-state index contributed by atoms with van der Waals surface area (Å²) < 4.78 is 29.4. The van der Waals surface area contributed by atoms with Crippen molar-refractivity contribution in [2.75, 3.05) is 7.11 Å². The van der Waals surface area contributed by atoms with E-state index < -0.39 is 17.8 Å². The number of aryl methyl sites for hydroxylation is 1. The van der Waals surface area contributed by atoms with Gasteiger partial charge in [0.05, 0.1) is 12.7 Å². The molecule has 0 radical (unpaired) electrons. The predicted octanol–water partition coefficient (Wildman–Crippen LogP) is 4.71. The summed E-state index contributed by atoms with van der Waals surface area (Å²) in [4.78, 5) is 28.8. The summed E-state index contributed by atoms with van der Waals surface area (Å²) in [6.07, 6.45) is 1.50. The molecule has 0 saturated carbocycles. The van der Waals surface area contributed by atoms with Crippen LogP contribution in [0.2, 0.25) is 0 Å². The lowest BCUT2D eigenvalue weighted by atomic mass is 10.1. The molecule has 3 aromatic rings. The fourth-order valence-corrected chi connectivity index (χ4v) is 3.10. The van der Waals surface area contributed by atoms with Gasteiger partial charge in [-0.2, -0.15) is 0 Å². The predicted molar refractivity (Wildman–Crippen MR) is 116 cm³/mol. The zero-order valence-corrected chi connectivity index (χ0v) is 17.3. The molecule has 0 unspecified atom stereocenters. The molecule has 1 heterocycles. The maximum absolute atomic E-state index is 13.4. The van der Waals surface area contributed by atoms with Gasteiger partial charge >= 0.3 is 11.9 Å². The molecule has 7 heteroatoms. The van der Waals surface area contributed by atoms with Crippen LogP contribution in [0.4, 0.5) is 4.39 Å². The summed E-state index contributed by atoms with van der Waals surface area (Å²) in [7, 11) is 1.44. The van der Waals surface area contributed by atoms with E-state index in [9.17, 15) is 14.0 Å². The Kier molecular flexibility index (Phi) is 5.81. The van der Waals surface area contributed by atoms with Crippen molar-refractivity contribution < 1.29 is 28.2 Å². The molecule has 32 heavy (non-hydrogen) atoms. The van der Waals surface area contributed by atoms with Crippen LogP contribution in [0.3, 0.4) is 0 Å². The van der Waals surface area contributed by atoms with E-state index in [1.165, 1.54) is 31.4 Å². The van der Waals surface area contributed by atoms with E-state index in [-0.39, 0.29) is 17.3 Å². The third-order valence-electron chi connectivity index (χ3n) is 4.64. The fraction of sp³-hybridized carbons (Fsp3) is 0.0800. The van der Waals surface area contributed by atoms with E-state index in [4.69, 9.17) is 14.2 Å². The topological polar surface area (TPSA) is 74.2 Å². The molecule has 0 aliphatic carbocycles. The highest BCUT2D eigenvalue weighted by Gasteiger charge is 2.24. The Hall–Kier alpha value is -4.26. The molecule has 3 aromatic carbocycles. The average molecular weight is 431 g/mol. The molecule has 160 valence electrons. The Morgan fingerprint density at radius 2 is 1.84 bits per heavy atom. The summed E-state index contributed by atoms with van der Waals surface area (Å²) in [6, 6.07) is 17.5. The second kappa shape index (κ2) is 8.85. The van der Waals surface area contributed by atoms with Gasteiger partial charge in [0.15, 0.2) is 17.2 Å². The SMILES string of the molecule is COc1cc(/C=C2\N=C(c3cccc(F)c3)OC2=O)ccc1OC(=O)c1cccc(C)c1. The van der Waals surface area contributed by atoms with Crippen molar-refractivity contribution in [3.8, 4) is 11.5 Å². The second-order valence-electron chi connectivity index (χ2n) is 7.02. The van der Waals surface area contributed by atoms with Gasteiger partial charge < -0.3 is 14.2 Å². The van der Waals surface area contributed by atoms with Crippen LogP contribution in [0, 0.1) is 12.7 Å². The van der Waals surface area contributed by atoms with Crippen molar-refractivity contribution in [2.45, 2.75) is 6.92 Å². The number of carbonyl (C=O) groups excluding carboxylic acids is 2. The van der Waals surface area contributed by atoms with Gasteiger partial charge in [-0.05, 0) is 61.0 Å². The largest absolute Gasteiger partial charge is 0.493 e. The van der Waals surface area contributed by atoms with E-state index in [1.54, 1.807) is 42.5 Å². The van der Waals surface area contributed by atoms with Crippen LogP contribution in [-0.4, -0.2) is 24.9 Å². The number of ether oxygens (including phenoxy) is 3. The van der Waals surface area contributed by atoms with Crippen LogP contribution in [0.5, 0.6) is 11.5 Å². The zero-order chi connectivity index (χ0) is 22.7. The fourth-order valence-electron chi connectivity index (χ4n) is 3.10. The van der Waals surface area contributed by atoms with E-state index in [1.807, 2.05) is 13.0 Å². The van der Waals surface area contributed by atoms with Gasteiger partial charge in [-0.1, -0.05) is 29.8 Å². The van der Waals surface area contributed by atoms with Crippen LogP contribution >= 0.6 is 0 Å². The second-order valence-corrected chi connectivity index (χ2v) is 7.02. The molecule has 0 atom stereocenters. The first kappa shape index (κ1) is 21.0. The maximum Gasteiger partial charge on any atom is 0.363 e. The van der Waals surface area contributed by atoms with Gasteiger partial charge in [0, 0.05) is 5.56 Å². The first-order valence-corrected chi connectivity index (χ1v) is 9.68. The highest BCUT2D eigenvalue weighted by Crippen LogP contribution is 2.30. The minimum absolute atomic E-state index is 0.0245. The molecule has 4 rings (SSSR count). The normalized spacial score (nSPS) is 14.2. The lowest BCUT2D eigenvalue weighted by Gasteiger charge is -2.10. The smallest absolute Gasteiger partial charge is 0.363 e. The first-order valence-electron chi connectivity index (χ1n) is 9.68. The Morgan fingerprint density at radius 1 is 1.03 bits per heavy atom. The molecule has 0 saturated heterocycles. The van der Waals surface area contributed by atoms with Crippen molar-refractivity contribution in [1.29, 1.82) is 0 Å². The van der Waals surface area contributed by atoms with Crippen molar-refractivity contribution in [2.24, 2.45) is 4.99 Å². The van der Waals surface area contributed by atoms with E-state index in [0.29, 0.717) is 22.4 Å². The summed E-state index contributed by atoms with van der Waals surface area (Å²) in [5.41, 5.74) is 2.35. The van der Waals surface area contributed by atoms with Gasteiger partial charge in [-0.3, -0.25) is 0 Å². The number of rotatable bonds is 5. The van der Waals surface area contributed by atoms with Gasteiger partial charge in [0.2, 0.25) is 5.90 Å². The number of benzene rings is 3. The monoisotopic (exact) mass is 431 g/mol.